The molecule has 0 radical (unpaired) electrons. The minimum atomic E-state index is -0.439. The first-order valence-electron chi connectivity index (χ1n) is 10.9. The number of hydrogen-bond donors (Lipinski definition) is 1. The van der Waals surface area contributed by atoms with Crippen molar-refractivity contribution in [2.24, 2.45) is 5.92 Å². The summed E-state index contributed by atoms with van der Waals surface area (Å²) in [6.45, 7) is 3.76. The molecule has 0 bridgehead atoms. The number of ether oxygens (including phenoxy) is 1. The smallest absolute Gasteiger partial charge is 0.249 e. The molecule has 1 aliphatic heterocycles. The molecule has 0 spiro atoms. The predicted molar refractivity (Wildman–Crippen MR) is 121 cm³/mol. The van der Waals surface area contributed by atoms with Gasteiger partial charge in [-0.05, 0) is 61.2 Å². The summed E-state index contributed by atoms with van der Waals surface area (Å²) in [5.74, 6) is 1.39. The number of rotatable bonds is 8. The molecule has 1 aliphatic rings. The topological polar surface area (TPSA) is 59.4 Å². The molecule has 6 nitrogen and oxygen atoms in total. The summed E-state index contributed by atoms with van der Waals surface area (Å²) in [5.41, 5.74) is 2.25. The van der Waals surface area contributed by atoms with E-state index in [0.29, 0.717) is 12.5 Å². The molecular weight excluding hydrogens is 388 g/mol. The predicted octanol–water partition coefficient (Wildman–Crippen LogP) is 3.51. The van der Waals surface area contributed by atoms with Crippen LogP contribution in [0.2, 0.25) is 0 Å². The molecule has 4 rings (SSSR count). The molecule has 1 N–H and O–H groups in total. The van der Waals surface area contributed by atoms with Crippen molar-refractivity contribution < 1.29 is 9.53 Å². The molecule has 3 aromatic rings. The Balaban J connectivity index is 1.28. The molecule has 2 aromatic carbocycles. The fourth-order valence-electron chi connectivity index (χ4n) is 4.17. The van der Waals surface area contributed by atoms with Gasteiger partial charge in [-0.15, -0.1) is 0 Å². The fraction of sp³-hybridized carbons (Fsp3) is 0.360. The van der Waals surface area contributed by atoms with Crippen LogP contribution in [0.25, 0.3) is 0 Å². The van der Waals surface area contributed by atoms with Gasteiger partial charge in [0, 0.05) is 25.5 Å². The summed E-state index contributed by atoms with van der Waals surface area (Å²) in [6.07, 6.45) is 5.74. The number of nitrogens with one attached hydrogen (secondary N) is 1. The molecule has 1 saturated heterocycles. The highest BCUT2D eigenvalue weighted by molar-refractivity contribution is 5.83. The summed E-state index contributed by atoms with van der Waals surface area (Å²) in [4.78, 5) is 15.5. The van der Waals surface area contributed by atoms with Gasteiger partial charge in [0.05, 0.1) is 7.11 Å². The van der Waals surface area contributed by atoms with Crippen LogP contribution < -0.4 is 10.1 Å². The van der Waals surface area contributed by atoms with Crippen molar-refractivity contribution in [3.05, 3.63) is 84.2 Å². The summed E-state index contributed by atoms with van der Waals surface area (Å²) in [5, 5.41) is 7.50. The molecule has 0 saturated carbocycles. The standard InChI is InChI=1S/C25H30N4O2/c1-31-23-10-8-21(9-11-23)19-28-16-12-20(13-17-28)18-26-25(30)24(29-15-5-14-27-29)22-6-3-2-4-7-22/h2-11,14-15,20,24H,12-13,16-19H2,1H3,(H,26,30). The Morgan fingerprint density at radius 1 is 1.10 bits per heavy atom. The number of hydrogen-bond acceptors (Lipinski definition) is 4. The van der Waals surface area contributed by atoms with E-state index in [2.05, 4.69) is 27.4 Å². The Morgan fingerprint density at radius 2 is 1.84 bits per heavy atom. The van der Waals surface area contributed by atoms with E-state index >= 15 is 0 Å². The van der Waals surface area contributed by atoms with Crippen molar-refractivity contribution >= 4 is 5.91 Å². The van der Waals surface area contributed by atoms with Gasteiger partial charge in [0.15, 0.2) is 6.04 Å². The molecule has 1 amide bonds. The van der Waals surface area contributed by atoms with Crippen LogP contribution in [0.3, 0.4) is 0 Å². The number of amides is 1. The van der Waals surface area contributed by atoms with Gasteiger partial charge >= 0.3 is 0 Å². The minimum absolute atomic E-state index is 0.00411. The van der Waals surface area contributed by atoms with Crippen LogP contribution in [0.5, 0.6) is 5.75 Å². The van der Waals surface area contributed by atoms with Gasteiger partial charge < -0.3 is 10.1 Å². The number of benzene rings is 2. The monoisotopic (exact) mass is 418 g/mol. The fourth-order valence-corrected chi connectivity index (χ4v) is 4.17. The highest BCUT2D eigenvalue weighted by atomic mass is 16.5. The number of carbonyl (C=O) groups is 1. The van der Waals surface area contributed by atoms with Gasteiger partial charge in [0.2, 0.25) is 5.91 Å². The van der Waals surface area contributed by atoms with E-state index in [1.807, 2.05) is 54.7 Å². The summed E-state index contributed by atoms with van der Waals surface area (Å²) in [6, 6.07) is 19.5. The molecule has 31 heavy (non-hydrogen) atoms. The average Bonchev–Trinajstić information content (AvgIpc) is 3.34. The average molecular weight is 419 g/mol. The first-order valence-corrected chi connectivity index (χ1v) is 10.9. The van der Waals surface area contributed by atoms with E-state index in [0.717, 1.165) is 43.8 Å². The maximum absolute atomic E-state index is 13.0. The van der Waals surface area contributed by atoms with Crippen LogP contribution >= 0.6 is 0 Å². The van der Waals surface area contributed by atoms with Crippen LogP contribution in [0.15, 0.2) is 73.1 Å². The second-order valence-electron chi connectivity index (χ2n) is 8.11. The van der Waals surface area contributed by atoms with Crippen LogP contribution in [0.1, 0.15) is 30.0 Å². The number of methoxy groups -OCH3 is 1. The van der Waals surface area contributed by atoms with Crippen LogP contribution in [-0.4, -0.2) is 47.3 Å². The van der Waals surface area contributed by atoms with Crippen molar-refractivity contribution in [2.45, 2.75) is 25.4 Å². The minimum Gasteiger partial charge on any atom is -0.497 e. The lowest BCUT2D eigenvalue weighted by Crippen LogP contribution is -2.40. The quantitative estimate of drug-likeness (QED) is 0.608. The lowest BCUT2D eigenvalue weighted by molar-refractivity contribution is -0.123. The Labute approximate surface area is 183 Å². The van der Waals surface area contributed by atoms with Gasteiger partial charge in [0.25, 0.3) is 0 Å². The molecule has 1 aromatic heterocycles. The largest absolute Gasteiger partial charge is 0.497 e. The molecule has 1 atom stereocenters. The SMILES string of the molecule is COc1ccc(CN2CCC(CNC(=O)C(c3ccccc3)n3cccn3)CC2)cc1. The third-order valence-electron chi connectivity index (χ3n) is 5.99. The zero-order chi connectivity index (χ0) is 21.5. The summed E-state index contributed by atoms with van der Waals surface area (Å²) >= 11 is 0. The van der Waals surface area contributed by atoms with Gasteiger partial charge in [-0.2, -0.15) is 5.10 Å². The Kier molecular flexibility index (Phi) is 6.99. The first-order chi connectivity index (χ1) is 15.2. The second kappa shape index (κ2) is 10.3. The van der Waals surface area contributed by atoms with E-state index in [1.54, 1.807) is 18.0 Å². The van der Waals surface area contributed by atoms with Crippen molar-refractivity contribution in [1.82, 2.24) is 20.0 Å². The first kappa shape index (κ1) is 21.1. The number of nitrogens with zero attached hydrogens (tertiary/aromatic N) is 3. The van der Waals surface area contributed by atoms with E-state index in [-0.39, 0.29) is 5.91 Å². The van der Waals surface area contributed by atoms with E-state index in [4.69, 9.17) is 4.74 Å². The van der Waals surface area contributed by atoms with Gasteiger partial charge in [-0.3, -0.25) is 14.4 Å². The Hall–Kier alpha value is -3.12. The van der Waals surface area contributed by atoms with E-state index in [9.17, 15) is 4.79 Å². The molecule has 1 unspecified atom stereocenters. The van der Waals surface area contributed by atoms with Gasteiger partial charge in [0.1, 0.15) is 5.75 Å². The van der Waals surface area contributed by atoms with Crippen molar-refractivity contribution in [1.29, 1.82) is 0 Å². The molecule has 1 fully saturated rings. The zero-order valence-electron chi connectivity index (χ0n) is 18.0. The molecular formula is C25H30N4O2. The molecule has 0 aliphatic carbocycles. The van der Waals surface area contributed by atoms with E-state index < -0.39 is 6.04 Å². The van der Waals surface area contributed by atoms with Crippen molar-refractivity contribution in [3.63, 3.8) is 0 Å². The number of carbonyl (C=O) groups excluding carboxylic acids is 1. The third-order valence-corrected chi connectivity index (χ3v) is 5.99. The number of aromatic nitrogens is 2. The molecule has 2 heterocycles. The van der Waals surface area contributed by atoms with Crippen molar-refractivity contribution in [3.8, 4) is 5.75 Å². The lowest BCUT2D eigenvalue weighted by atomic mass is 9.96. The summed E-state index contributed by atoms with van der Waals surface area (Å²) < 4.78 is 6.96. The molecule has 6 heteroatoms. The van der Waals surface area contributed by atoms with Crippen LogP contribution in [0.4, 0.5) is 0 Å². The highest BCUT2D eigenvalue weighted by Crippen LogP contribution is 2.21. The van der Waals surface area contributed by atoms with Crippen LogP contribution in [-0.2, 0) is 11.3 Å². The van der Waals surface area contributed by atoms with E-state index in [1.165, 1.54) is 5.56 Å². The zero-order valence-corrected chi connectivity index (χ0v) is 18.0. The maximum Gasteiger partial charge on any atom is 0.249 e. The van der Waals surface area contributed by atoms with Crippen LogP contribution in [0, 0.1) is 5.92 Å². The third kappa shape index (κ3) is 5.52. The number of likely N-dealkylation sites (tertiary alicyclic amines) is 1. The lowest BCUT2D eigenvalue weighted by Gasteiger charge is -2.32. The summed E-state index contributed by atoms with van der Waals surface area (Å²) in [7, 11) is 1.69. The highest BCUT2D eigenvalue weighted by Gasteiger charge is 2.25. The Morgan fingerprint density at radius 3 is 2.48 bits per heavy atom. The van der Waals surface area contributed by atoms with Gasteiger partial charge in [-0.25, -0.2) is 0 Å². The van der Waals surface area contributed by atoms with Crippen molar-refractivity contribution in [2.75, 3.05) is 26.7 Å². The Bertz CT molecular complexity index is 933. The number of piperidine rings is 1. The second-order valence-corrected chi connectivity index (χ2v) is 8.11. The molecule has 162 valence electrons. The maximum atomic E-state index is 13.0. The van der Waals surface area contributed by atoms with Gasteiger partial charge in [-0.1, -0.05) is 42.5 Å². The normalized spacial score (nSPS) is 16.0.